The zero-order valence-electron chi connectivity index (χ0n) is 13.5. The number of hydrogen-bond donors (Lipinski definition) is 0. The molecule has 0 aliphatic carbocycles. The first kappa shape index (κ1) is 16.2. The molecule has 4 heteroatoms. The first-order chi connectivity index (χ1) is 10.0. The summed E-state index contributed by atoms with van der Waals surface area (Å²) in [4.78, 5) is 16.8. The van der Waals surface area contributed by atoms with Crippen LogP contribution in [0.5, 0.6) is 0 Å². The van der Waals surface area contributed by atoms with Crippen molar-refractivity contribution in [3.63, 3.8) is 0 Å². The maximum absolute atomic E-state index is 12.6. The fraction of sp³-hybridized carbons (Fsp3) is 0.588. The van der Waals surface area contributed by atoms with Crippen LogP contribution in [-0.2, 0) is 4.79 Å². The van der Waals surface area contributed by atoms with Crippen LogP contribution < -0.4 is 4.90 Å². The van der Waals surface area contributed by atoms with Crippen molar-refractivity contribution in [2.45, 2.75) is 25.8 Å². The molecule has 1 aromatic rings. The summed E-state index contributed by atoms with van der Waals surface area (Å²) in [7, 11) is 4.11. The van der Waals surface area contributed by atoms with Crippen molar-refractivity contribution in [2.75, 3.05) is 37.5 Å². The Morgan fingerprint density at radius 3 is 2.90 bits per heavy atom. The Balaban J connectivity index is 2.18. The van der Waals surface area contributed by atoms with E-state index in [2.05, 4.69) is 54.4 Å². The Morgan fingerprint density at radius 2 is 2.24 bits per heavy atom. The van der Waals surface area contributed by atoms with Gasteiger partial charge in [0.2, 0.25) is 5.91 Å². The van der Waals surface area contributed by atoms with Crippen LogP contribution in [0.1, 0.15) is 31.4 Å². The summed E-state index contributed by atoms with van der Waals surface area (Å²) < 4.78 is 0. The van der Waals surface area contributed by atoms with E-state index in [4.69, 9.17) is 0 Å². The lowest BCUT2D eigenvalue weighted by Gasteiger charge is -2.28. The largest absolute Gasteiger partial charge is 0.378 e. The zero-order chi connectivity index (χ0) is 15.4. The number of thioether (sulfide) groups is 1. The van der Waals surface area contributed by atoms with Crippen molar-refractivity contribution in [3.05, 3.63) is 29.8 Å². The second-order valence-electron chi connectivity index (χ2n) is 6.04. The van der Waals surface area contributed by atoms with Crippen LogP contribution >= 0.6 is 11.8 Å². The van der Waals surface area contributed by atoms with Crippen molar-refractivity contribution < 1.29 is 4.79 Å². The molecule has 2 rings (SSSR count). The highest BCUT2D eigenvalue weighted by Crippen LogP contribution is 2.34. The first-order valence-corrected chi connectivity index (χ1v) is 9.00. The second kappa shape index (κ2) is 7.21. The van der Waals surface area contributed by atoms with Crippen molar-refractivity contribution >= 4 is 23.4 Å². The Morgan fingerprint density at radius 1 is 1.48 bits per heavy atom. The Kier molecular flexibility index (Phi) is 5.57. The summed E-state index contributed by atoms with van der Waals surface area (Å²) in [6, 6.07) is 8.83. The maximum Gasteiger partial charge on any atom is 0.226 e. The Bertz CT molecular complexity index is 489. The standard InChI is InChI=1S/C17H26N2OS/c1-13(12-21-4)17(20)19-10-6-9-16(19)14-7-5-8-15(11-14)18(2)3/h5,7-8,11,13,16H,6,9-10,12H2,1-4H3/t13-,16-/m1/s1. The summed E-state index contributed by atoms with van der Waals surface area (Å²) in [6.07, 6.45) is 4.25. The van der Waals surface area contributed by atoms with E-state index in [1.807, 2.05) is 6.92 Å². The van der Waals surface area contributed by atoms with Crippen LogP contribution in [0, 0.1) is 5.92 Å². The molecule has 0 saturated carbocycles. The van der Waals surface area contributed by atoms with Crippen LogP contribution in [0.25, 0.3) is 0 Å². The molecule has 1 aliphatic heterocycles. The fourth-order valence-electron chi connectivity index (χ4n) is 2.99. The Hall–Kier alpha value is -1.16. The lowest BCUT2D eigenvalue weighted by molar-refractivity contribution is -0.135. The topological polar surface area (TPSA) is 23.6 Å². The monoisotopic (exact) mass is 306 g/mol. The molecule has 0 unspecified atom stereocenters. The van der Waals surface area contributed by atoms with Gasteiger partial charge in [0.1, 0.15) is 0 Å². The van der Waals surface area contributed by atoms with Gasteiger partial charge in [-0.15, -0.1) is 0 Å². The summed E-state index contributed by atoms with van der Waals surface area (Å²) in [5.74, 6) is 1.32. The van der Waals surface area contributed by atoms with Gasteiger partial charge in [-0.25, -0.2) is 0 Å². The van der Waals surface area contributed by atoms with Gasteiger partial charge >= 0.3 is 0 Å². The van der Waals surface area contributed by atoms with E-state index in [1.165, 1.54) is 11.3 Å². The highest BCUT2D eigenvalue weighted by Gasteiger charge is 2.32. The van der Waals surface area contributed by atoms with Crippen LogP contribution in [0.4, 0.5) is 5.69 Å². The third-order valence-electron chi connectivity index (χ3n) is 4.15. The molecule has 2 atom stereocenters. The number of benzene rings is 1. The number of carbonyl (C=O) groups is 1. The van der Waals surface area contributed by atoms with Crippen molar-refractivity contribution in [2.24, 2.45) is 5.92 Å². The van der Waals surface area contributed by atoms with Gasteiger partial charge in [-0.2, -0.15) is 11.8 Å². The number of carbonyl (C=O) groups excluding carboxylic acids is 1. The number of nitrogens with zero attached hydrogens (tertiary/aromatic N) is 2. The van der Waals surface area contributed by atoms with Crippen LogP contribution in [-0.4, -0.2) is 43.5 Å². The molecule has 1 heterocycles. The van der Waals surface area contributed by atoms with Gasteiger partial charge in [-0.1, -0.05) is 19.1 Å². The molecule has 0 N–H and O–H groups in total. The molecular formula is C17H26N2OS. The van der Waals surface area contributed by atoms with E-state index >= 15 is 0 Å². The fourth-order valence-corrected chi connectivity index (χ4v) is 3.63. The molecule has 21 heavy (non-hydrogen) atoms. The first-order valence-electron chi connectivity index (χ1n) is 7.61. The van der Waals surface area contributed by atoms with Crippen molar-refractivity contribution in [1.29, 1.82) is 0 Å². The normalized spacial score (nSPS) is 19.6. The highest BCUT2D eigenvalue weighted by molar-refractivity contribution is 7.98. The summed E-state index contributed by atoms with van der Waals surface area (Å²) in [6.45, 7) is 2.94. The molecule has 1 amide bonds. The second-order valence-corrected chi connectivity index (χ2v) is 6.95. The zero-order valence-corrected chi connectivity index (χ0v) is 14.3. The molecule has 116 valence electrons. The van der Waals surface area contributed by atoms with Gasteiger partial charge in [0.25, 0.3) is 0 Å². The van der Waals surface area contributed by atoms with E-state index in [-0.39, 0.29) is 12.0 Å². The molecule has 1 saturated heterocycles. The Labute approximate surface area is 132 Å². The van der Waals surface area contributed by atoms with Gasteiger partial charge in [0.05, 0.1) is 6.04 Å². The van der Waals surface area contributed by atoms with Gasteiger partial charge in [0.15, 0.2) is 0 Å². The van der Waals surface area contributed by atoms with Crippen LogP contribution in [0.2, 0.25) is 0 Å². The predicted octanol–water partition coefficient (Wildman–Crippen LogP) is 3.42. The van der Waals surface area contributed by atoms with E-state index in [1.54, 1.807) is 11.8 Å². The van der Waals surface area contributed by atoms with E-state index in [0.717, 1.165) is 25.1 Å². The number of rotatable bonds is 5. The minimum atomic E-state index is 0.109. The third kappa shape index (κ3) is 3.73. The lowest BCUT2D eigenvalue weighted by atomic mass is 10.0. The number of amides is 1. The van der Waals surface area contributed by atoms with E-state index < -0.39 is 0 Å². The molecule has 1 fully saturated rings. The smallest absolute Gasteiger partial charge is 0.226 e. The van der Waals surface area contributed by atoms with Gasteiger partial charge in [-0.3, -0.25) is 4.79 Å². The molecule has 0 bridgehead atoms. The molecule has 0 radical (unpaired) electrons. The van der Waals surface area contributed by atoms with Crippen molar-refractivity contribution in [1.82, 2.24) is 4.90 Å². The third-order valence-corrected chi connectivity index (χ3v) is 4.98. The molecule has 1 aliphatic rings. The SMILES string of the molecule is CSC[C@@H](C)C(=O)N1CCC[C@@H]1c1cccc(N(C)C)c1. The van der Waals surface area contributed by atoms with Crippen molar-refractivity contribution in [3.8, 4) is 0 Å². The van der Waals surface area contributed by atoms with Gasteiger partial charge < -0.3 is 9.80 Å². The lowest BCUT2D eigenvalue weighted by Crippen LogP contribution is -2.35. The van der Waals surface area contributed by atoms with Crippen LogP contribution in [0.3, 0.4) is 0 Å². The average molecular weight is 306 g/mol. The summed E-state index contributed by atoms with van der Waals surface area (Å²) in [5.41, 5.74) is 2.47. The number of likely N-dealkylation sites (tertiary alicyclic amines) is 1. The quantitative estimate of drug-likeness (QED) is 0.833. The average Bonchev–Trinajstić information content (AvgIpc) is 2.96. The number of hydrogen-bond acceptors (Lipinski definition) is 3. The minimum absolute atomic E-state index is 0.109. The van der Waals surface area contributed by atoms with E-state index in [0.29, 0.717) is 5.91 Å². The summed E-state index contributed by atoms with van der Waals surface area (Å²) >= 11 is 1.75. The minimum Gasteiger partial charge on any atom is -0.378 e. The molecule has 0 aromatic heterocycles. The molecular weight excluding hydrogens is 280 g/mol. The van der Waals surface area contributed by atoms with Gasteiger partial charge in [-0.05, 0) is 36.8 Å². The molecule has 3 nitrogen and oxygen atoms in total. The maximum atomic E-state index is 12.6. The summed E-state index contributed by atoms with van der Waals surface area (Å²) in [5, 5.41) is 0. The molecule has 1 aromatic carbocycles. The highest BCUT2D eigenvalue weighted by atomic mass is 32.2. The predicted molar refractivity (Wildman–Crippen MR) is 92.0 cm³/mol. The molecule has 0 spiro atoms. The van der Waals surface area contributed by atoms with E-state index in [9.17, 15) is 4.79 Å². The van der Waals surface area contributed by atoms with Gasteiger partial charge in [0, 0.05) is 38.0 Å². The van der Waals surface area contributed by atoms with Crippen LogP contribution in [0.15, 0.2) is 24.3 Å². The number of anilines is 1.